The van der Waals surface area contributed by atoms with Crippen molar-refractivity contribution in [1.29, 1.82) is 0 Å². The molecular weight excluding hydrogens is 326 g/mol. The minimum atomic E-state index is -1.27. The van der Waals surface area contributed by atoms with Crippen LogP contribution in [0.3, 0.4) is 0 Å². The number of carbonyl (C=O) groups is 1. The Morgan fingerprint density at radius 1 is 1.33 bits per heavy atom. The first-order chi connectivity index (χ1) is 9.97. The van der Waals surface area contributed by atoms with Gasteiger partial charge in [0.05, 0.1) is 10.1 Å². The van der Waals surface area contributed by atoms with Gasteiger partial charge in [0.25, 0.3) is 0 Å². The number of hydrogen-bond donors (Lipinski definition) is 1. The lowest BCUT2D eigenvalue weighted by Gasteiger charge is -2.13. The number of amides is 1. The number of benzene rings is 1. The first-order valence-corrected chi connectivity index (χ1v) is 9.03. The number of carbonyl (C=O) groups excluding carboxylic acids is 1. The molecule has 0 radical (unpaired) electrons. The predicted molar refractivity (Wildman–Crippen MR) is 90.4 cm³/mol. The van der Waals surface area contributed by atoms with Gasteiger partial charge < -0.3 is 5.32 Å². The van der Waals surface area contributed by atoms with Crippen molar-refractivity contribution in [2.24, 2.45) is 0 Å². The fraction of sp³-hybridized carbons (Fsp3) is 0.267. The zero-order valence-electron chi connectivity index (χ0n) is 11.8. The van der Waals surface area contributed by atoms with Crippen LogP contribution >= 0.6 is 22.9 Å². The number of aryl methyl sites for hydroxylation is 1. The van der Waals surface area contributed by atoms with Crippen LogP contribution in [0.15, 0.2) is 36.4 Å². The van der Waals surface area contributed by atoms with E-state index in [9.17, 15) is 9.00 Å². The van der Waals surface area contributed by atoms with Crippen LogP contribution in [-0.4, -0.2) is 15.4 Å². The zero-order valence-corrected chi connectivity index (χ0v) is 14.1. The lowest BCUT2D eigenvalue weighted by atomic mass is 10.2. The van der Waals surface area contributed by atoms with Crippen molar-refractivity contribution in [2.45, 2.75) is 24.9 Å². The molecule has 0 aliphatic heterocycles. The molecule has 0 aliphatic carbocycles. The normalized spacial score (nSPS) is 13.7. The Balaban J connectivity index is 1.98. The Bertz CT molecular complexity index is 669. The molecule has 0 aliphatic rings. The largest absolute Gasteiger partial charge is 0.325 e. The Kier molecular flexibility index (Phi) is 5.56. The third-order valence-electron chi connectivity index (χ3n) is 3.08. The number of anilines is 1. The highest BCUT2D eigenvalue weighted by atomic mass is 35.5. The Hall–Kier alpha value is -1.17. The van der Waals surface area contributed by atoms with E-state index in [2.05, 4.69) is 5.32 Å². The number of halogens is 1. The van der Waals surface area contributed by atoms with Gasteiger partial charge in [-0.3, -0.25) is 9.00 Å². The van der Waals surface area contributed by atoms with Crippen LogP contribution in [0, 0.1) is 6.92 Å². The third-order valence-corrected chi connectivity index (χ3v) is 6.09. The maximum atomic E-state index is 12.3. The van der Waals surface area contributed by atoms with Crippen LogP contribution in [0.1, 0.15) is 17.4 Å². The van der Waals surface area contributed by atoms with E-state index in [0.717, 1.165) is 16.1 Å². The lowest BCUT2D eigenvalue weighted by Crippen LogP contribution is -2.29. The van der Waals surface area contributed by atoms with Crippen LogP contribution in [0.4, 0.5) is 5.69 Å². The Morgan fingerprint density at radius 2 is 2.05 bits per heavy atom. The molecule has 2 aromatic rings. The fourth-order valence-electron chi connectivity index (χ4n) is 1.76. The first-order valence-electron chi connectivity index (χ1n) is 6.45. The molecule has 0 fully saturated rings. The maximum absolute atomic E-state index is 12.3. The van der Waals surface area contributed by atoms with Crippen LogP contribution < -0.4 is 5.32 Å². The topological polar surface area (TPSA) is 46.2 Å². The zero-order chi connectivity index (χ0) is 15.4. The van der Waals surface area contributed by atoms with Crippen molar-refractivity contribution in [3.63, 3.8) is 0 Å². The number of thiophene rings is 1. The van der Waals surface area contributed by atoms with E-state index in [1.165, 1.54) is 11.3 Å². The second kappa shape index (κ2) is 7.20. The number of hydrogen-bond acceptors (Lipinski definition) is 3. The van der Waals surface area contributed by atoms with Crippen molar-refractivity contribution in [1.82, 2.24) is 0 Å². The molecule has 1 aromatic heterocycles. The van der Waals surface area contributed by atoms with Gasteiger partial charge >= 0.3 is 0 Å². The molecule has 1 heterocycles. The van der Waals surface area contributed by atoms with Crippen molar-refractivity contribution in [2.75, 3.05) is 5.32 Å². The predicted octanol–water partition coefficient (Wildman–Crippen LogP) is 3.99. The van der Waals surface area contributed by atoms with Gasteiger partial charge in [-0.1, -0.05) is 29.8 Å². The van der Waals surface area contributed by atoms with Crippen LogP contribution in [0.5, 0.6) is 0 Å². The van der Waals surface area contributed by atoms with Gasteiger partial charge in [0.2, 0.25) is 5.91 Å². The summed E-state index contributed by atoms with van der Waals surface area (Å²) >= 11 is 7.24. The van der Waals surface area contributed by atoms with E-state index in [0.29, 0.717) is 10.1 Å². The van der Waals surface area contributed by atoms with Crippen molar-refractivity contribution < 1.29 is 9.00 Å². The van der Waals surface area contributed by atoms with Crippen molar-refractivity contribution >= 4 is 45.3 Å². The lowest BCUT2D eigenvalue weighted by molar-refractivity contribution is -0.115. The van der Waals surface area contributed by atoms with Crippen molar-refractivity contribution in [3.8, 4) is 0 Å². The standard InChI is InChI=1S/C15H16ClNO2S2/c1-10-5-3-4-6-13(10)17-15(18)11(2)21(19)9-12-7-8-14(16)20-12/h3-8,11H,9H2,1-2H3,(H,17,18)/t11-,21+/m0/s1. The molecular formula is C15H16ClNO2S2. The van der Waals surface area contributed by atoms with Gasteiger partial charge in [-0.25, -0.2) is 0 Å². The van der Waals surface area contributed by atoms with Gasteiger partial charge in [-0.2, -0.15) is 0 Å². The quantitative estimate of drug-likeness (QED) is 0.893. The number of rotatable bonds is 5. The minimum Gasteiger partial charge on any atom is -0.325 e. The molecule has 3 nitrogen and oxygen atoms in total. The van der Waals surface area contributed by atoms with Crippen LogP contribution in [0.25, 0.3) is 0 Å². The van der Waals surface area contributed by atoms with Crippen LogP contribution in [-0.2, 0) is 21.3 Å². The summed E-state index contributed by atoms with van der Waals surface area (Å²) in [5.41, 5.74) is 1.74. The highest BCUT2D eigenvalue weighted by Crippen LogP contribution is 2.23. The summed E-state index contributed by atoms with van der Waals surface area (Å²) in [5.74, 6) is 0.116. The molecule has 0 unspecified atom stereocenters. The van der Waals surface area contributed by atoms with E-state index in [-0.39, 0.29) is 5.91 Å². The summed E-state index contributed by atoms with van der Waals surface area (Å²) in [7, 11) is -1.27. The van der Waals surface area contributed by atoms with Crippen molar-refractivity contribution in [3.05, 3.63) is 51.2 Å². The van der Waals surface area contributed by atoms with E-state index in [1.54, 1.807) is 13.0 Å². The third kappa shape index (κ3) is 4.40. The second-order valence-electron chi connectivity index (χ2n) is 4.68. The molecule has 0 spiro atoms. The average molecular weight is 342 g/mol. The highest BCUT2D eigenvalue weighted by Gasteiger charge is 2.21. The SMILES string of the molecule is Cc1ccccc1NC(=O)[C@H](C)[S@](=O)Cc1ccc(Cl)s1. The molecule has 21 heavy (non-hydrogen) atoms. The summed E-state index contributed by atoms with van der Waals surface area (Å²) < 4.78 is 12.9. The molecule has 112 valence electrons. The number of para-hydroxylation sites is 1. The van der Waals surface area contributed by atoms with E-state index < -0.39 is 16.0 Å². The van der Waals surface area contributed by atoms with E-state index in [1.807, 2.05) is 37.3 Å². The monoisotopic (exact) mass is 341 g/mol. The smallest absolute Gasteiger partial charge is 0.239 e. The van der Waals surface area contributed by atoms with Crippen LogP contribution in [0.2, 0.25) is 4.34 Å². The molecule has 2 atom stereocenters. The molecule has 1 N–H and O–H groups in total. The van der Waals surface area contributed by atoms with Gasteiger partial charge in [-0.15, -0.1) is 11.3 Å². The summed E-state index contributed by atoms with van der Waals surface area (Å²) in [5, 5.41) is 2.25. The second-order valence-corrected chi connectivity index (χ2v) is 8.23. The molecule has 0 saturated heterocycles. The summed E-state index contributed by atoms with van der Waals surface area (Å²) in [6.07, 6.45) is 0. The van der Waals surface area contributed by atoms with Gasteiger partial charge in [0.15, 0.2) is 0 Å². The molecule has 0 bridgehead atoms. The molecule has 1 amide bonds. The molecule has 1 aromatic carbocycles. The Labute approximate surface area is 135 Å². The van der Waals surface area contributed by atoms with E-state index in [4.69, 9.17) is 11.6 Å². The first kappa shape index (κ1) is 16.2. The van der Waals surface area contributed by atoms with E-state index >= 15 is 0 Å². The Morgan fingerprint density at radius 3 is 2.67 bits per heavy atom. The summed E-state index contributed by atoms with van der Waals surface area (Å²) in [6, 6.07) is 11.1. The molecule has 2 rings (SSSR count). The minimum absolute atomic E-state index is 0.231. The number of nitrogens with one attached hydrogen (secondary N) is 1. The van der Waals surface area contributed by atoms with Gasteiger partial charge in [-0.05, 0) is 37.6 Å². The molecule has 6 heteroatoms. The summed E-state index contributed by atoms with van der Waals surface area (Å²) in [4.78, 5) is 13.1. The fourth-order valence-corrected chi connectivity index (χ4v) is 4.15. The summed E-state index contributed by atoms with van der Waals surface area (Å²) in [6.45, 7) is 3.60. The molecule has 0 saturated carbocycles. The highest BCUT2D eigenvalue weighted by molar-refractivity contribution is 7.85. The van der Waals surface area contributed by atoms with Gasteiger partial charge in [0.1, 0.15) is 5.25 Å². The maximum Gasteiger partial charge on any atom is 0.239 e. The van der Waals surface area contributed by atoms with Gasteiger partial charge in [0, 0.05) is 21.4 Å². The average Bonchev–Trinajstić information content (AvgIpc) is 2.85.